The van der Waals surface area contributed by atoms with Crippen LogP contribution in [-0.2, 0) is 4.79 Å². The fourth-order valence-corrected chi connectivity index (χ4v) is 2.87. The Balaban J connectivity index is 1.97. The molecule has 0 spiro atoms. The Labute approximate surface area is 124 Å². The van der Waals surface area contributed by atoms with Crippen molar-refractivity contribution in [2.24, 2.45) is 5.92 Å². The number of carbonyl (C=O) groups is 1. The van der Waals surface area contributed by atoms with Gasteiger partial charge in [-0.25, -0.2) is 0 Å². The molecule has 1 unspecified atom stereocenters. The van der Waals surface area contributed by atoms with Crippen LogP contribution >= 0.6 is 23.2 Å². The van der Waals surface area contributed by atoms with Gasteiger partial charge in [0.05, 0.1) is 16.1 Å². The summed E-state index contributed by atoms with van der Waals surface area (Å²) in [6.45, 7) is 1.97. The lowest BCUT2D eigenvalue weighted by atomic mass is 9.88. The third-order valence-corrected chi connectivity index (χ3v) is 4.52. The van der Waals surface area contributed by atoms with Crippen molar-refractivity contribution < 1.29 is 4.79 Å². The van der Waals surface area contributed by atoms with Gasteiger partial charge in [0.25, 0.3) is 0 Å². The molecule has 1 aromatic rings. The van der Waals surface area contributed by atoms with Gasteiger partial charge in [0.15, 0.2) is 0 Å². The van der Waals surface area contributed by atoms with Crippen LogP contribution in [0.4, 0.5) is 0 Å². The second kappa shape index (κ2) is 6.62. The lowest BCUT2D eigenvalue weighted by Gasteiger charge is -2.23. The van der Waals surface area contributed by atoms with Crippen LogP contribution in [0, 0.1) is 5.92 Å². The molecule has 1 N–H and O–H groups in total. The van der Waals surface area contributed by atoms with Crippen molar-refractivity contribution in [2.75, 3.05) is 0 Å². The highest BCUT2D eigenvalue weighted by molar-refractivity contribution is 6.42. The van der Waals surface area contributed by atoms with Crippen LogP contribution in [-0.4, -0.2) is 5.91 Å². The normalized spacial score (nSPS) is 18.1. The zero-order chi connectivity index (χ0) is 13.8. The van der Waals surface area contributed by atoms with Crippen molar-refractivity contribution in [2.45, 2.75) is 45.1 Å². The molecule has 19 heavy (non-hydrogen) atoms. The van der Waals surface area contributed by atoms with Crippen LogP contribution in [0.3, 0.4) is 0 Å². The number of nitrogens with one attached hydrogen (secondary N) is 1. The van der Waals surface area contributed by atoms with Crippen molar-refractivity contribution in [1.82, 2.24) is 5.32 Å². The predicted molar refractivity (Wildman–Crippen MR) is 79.6 cm³/mol. The molecule has 4 heteroatoms. The van der Waals surface area contributed by atoms with E-state index in [9.17, 15) is 4.79 Å². The number of halogens is 2. The van der Waals surface area contributed by atoms with Crippen LogP contribution in [0.1, 0.15) is 50.6 Å². The van der Waals surface area contributed by atoms with E-state index in [0.717, 1.165) is 18.4 Å². The number of hydrogen-bond acceptors (Lipinski definition) is 1. The van der Waals surface area contributed by atoms with Crippen molar-refractivity contribution in [3.8, 4) is 0 Å². The van der Waals surface area contributed by atoms with Gasteiger partial charge >= 0.3 is 0 Å². The zero-order valence-electron chi connectivity index (χ0n) is 11.1. The van der Waals surface area contributed by atoms with Gasteiger partial charge in [-0.15, -0.1) is 0 Å². The maximum atomic E-state index is 12.2. The molecular weight excluding hydrogens is 281 g/mol. The Morgan fingerprint density at radius 2 is 1.89 bits per heavy atom. The standard InChI is InChI=1S/C15H19Cl2NO/c1-10(12-7-8-13(16)14(17)9-12)18-15(19)11-5-3-2-4-6-11/h7-11H,2-6H2,1H3,(H,18,19). The molecule has 0 saturated heterocycles. The molecule has 1 aliphatic carbocycles. The first-order valence-electron chi connectivity index (χ1n) is 6.83. The zero-order valence-corrected chi connectivity index (χ0v) is 12.6. The average molecular weight is 300 g/mol. The van der Waals surface area contributed by atoms with Crippen LogP contribution in [0.25, 0.3) is 0 Å². The summed E-state index contributed by atoms with van der Waals surface area (Å²) in [5, 5.41) is 4.14. The van der Waals surface area contributed by atoms with E-state index in [2.05, 4.69) is 5.32 Å². The second-order valence-electron chi connectivity index (χ2n) is 5.24. The molecule has 0 bridgehead atoms. The second-order valence-corrected chi connectivity index (χ2v) is 6.05. The summed E-state index contributed by atoms with van der Waals surface area (Å²) in [5.74, 6) is 0.345. The minimum absolute atomic E-state index is 0.0378. The molecule has 1 fully saturated rings. The first-order chi connectivity index (χ1) is 9.08. The highest BCUT2D eigenvalue weighted by Gasteiger charge is 2.22. The summed E-state index contributed by atoms with van der Waals surface area (Å²) in [4.78, 5) is 12.2. The third-order valence-electron chi connectivity index (χ3n) is 3.78. The summed E-state index contributed by atoms with van der Waals surface area (Å²) in [7, 11) is 0. The SMILES string of the molecule is CC(NC(=O)C1CCCCC1)c1ccc(Cl)c(Cl)c1. The van der Waals surface area contributed by atoms with Crippen molar-refractivity contribution >= 4 is 29.1 Å². The van der Waals surface area contributed by atoms with Crippen LogP contribution in [0.2, 0.25) is 10.0 Å². The minimum Gasteiger partial charge on any atom is -0.349 e. The smallest absolute Gasteiger partial charge is 0.223 e. The van der Waals surface area contributed by atoms with Gasteiger partial charge in [-0.05, 0) is 37.5 Å². The third kappa shape index (κ3) is 3.87. The molecule has 1 aromatic carbocycles. The Morgan fingerprint density at radius 3 is 2.53 bits per heavy atom. The first kappa shape index (κ1) is 14.7. The molecule has 0 aromatic heterocycles. The summed E-state index contributed by atoms with van der Waals surface area (Å²) >= 11 is 11.9. The number of hydrogen-bond donors (Lipinski definition) is 1. The maximum absolute atomic E-state index is 12.2. The Hall–Kier alpha value is -0.730. The average Bonchev–Trinajstić information content (AvgIpc) is 2.42. The molecule has 2 nitrogen and oxygen atoms in total. The molecule has 1 aliphatic rings. The summed E-state index contributed by atoms with van der Waals surface area (Å²) in [6, 6.07) is 5.45. The van der Waals surface area contributed by atoms with E-state index in [1.807, 2.05) is 19.1 Å². The lowest BCUT2D eigenvalue weighted by molar-refractivity contribution is -0.126. The largest absolute Gasteiger partial charge is 0.349 e. The van der Waals surface area contributed by atoms with Crippen molar-refractivity contribution in [1.29, 1.82) is 0 Å². The fourth-order valence-electron chi connectivity index (χ4n) is 2.56. The Bertz CT molecular complexity index is 455. The molecule has 104 valence electrons. The molecule has 2 rings (SSSR count). The fraction of sp³-hybridized carbons (Fsp3) is 0.533. The van der Waals surface area contributed by atoms with Gasteiger partial charge in [-0.1, -0.05) is 48.5 Å². The Kier molecular flexibility index (Phi) is 5.12. The predicted octanol–water partition coefficient (Wildman–Crippen LogP) is 4.75. The van der Waals surface area contributed by atoms with E-state index in [1.165, 1.54) is 19.3 Å². The number of amides is 1. The first-order valence-corrected chi connectivity index (χ1v) is 7.59. The molecule has 1 amide bonds. The quantitative estimate of drug-likeness (QED) is 0.857. The van der Waals surface area contributed by atoms with Crippen LogP contribution in [0.15, 0.2) is 18.2 Å². The molecular formula is C15H19Cl2NO. The van der Waals surface area contributed by atoms with Gasteiger partial charge in [0.2, 0.25) is 5.91 Å². The highest BCUT2D eigenvalue weighted by atomic mass is 35.5. The highest BCUT2D eigenvalue weighted by Crippen LogP contribution is 2.27. The summed E-state index contributed by atoms with van der Waals surface area (Å²) < 4.78 is 0. The lowest BCUT2D eigenvalue weighted by Crippen LogP contribution is -2.33. The Morgan fingerprint density at radius 1 is 1.21 bits per heavy atom. The maximum Gasteiger partial charge on any atom is 0.223 e. The molecule has 0 aliphatic heterocycles. The molecule has 1 saturated carbocycles. The van der Waals surface area contributed by atoms with Gasteiger partial charge in [-0.2, -0.15) is 0 Å². The van der Waals surface area contributed by atoms with Crippen LogP contribution in [0.5, 0.6) is 0 Å². The van der Waals surface area contributed by atoms with Crippen molar-refractivity contribution in [3.63, 3.8) is 0 Å². The van der Waals surface area contributed by atoms with Crippen molar-refractivity contribution in [3.05, 3.63) is 33.8 Å². The van der Waals surface area contributed by atoms with Crippen LogP contribution < -0.4 is 5.32 Å². The van der Waals surface area contributed by atoms with Gasteiger partial charge in [0.1, 0.15) is 0 Å². The van der Waals surface area contributed by atoms with Gasteiger partial charge in [-0.3, -0.25) is 4.79 Å². The molecule has 0 radical (unpaired) electrons. The number of rotatable bonds is 3. The monoisotopic (exact) mass is 299 g/mol. The van der Waals surface area contributed by atoms with E-state index < -0.39 is 0 Å². The van der Waals surface area contributed by atoms with E-state index in [1.54, 1.807) is 6.07 Å². The molecule has 0 heterocycles. The summed E-state index contributed by atoms with van der Waals surface area (Å²) in [6.07, 6.45) is 5.62. The molecule has 1 atom stereocenters. The number of carbonyl (C=O) groups excluding carboxylic acids is 1. The van der Waals surface area contributed by atoms with Gasteiger partial charge < -0.3 is 5.32 Å². The number of benzene rings is 1. The topological polar surface area (TPSA) is 29.1 Å². The van der Waals surface area contributed by atoms with E-state index >= 15 is 0 Å². The minimum atomic E-state index is -0.0378. The van der Waals surface area contributed by atoms with Gasteiger partial charge in [0, 0.05) is 5.92 Å². The van der Waals surface area contributed by atoms with E-state index in [4.69, 9.17) is 23.2 Å². The van der Waals surface area contributed by atoms with E-state index in [-0.39, 0.29) is 17.9 Å². The summed E-state index contributed by atoms with van der Waals surface area (Å²) in [5.41, 5.74) is 0.985. The van der Waals surface area contributed by atoms with E-state index in [0.29, 0.717) is 10.0 Å².